The lowest BCUT2D eigenvalue weighted by Gasteiger charge is -2.30. The second-order valence-electron chi connectivity index (χ2n) is 5.19. The summed E-state index contributed by atoms with van der Waals surface area (Å²) < 4.78 is 34.4. The van der Waals surface area contributed by atoms with Crippen LogP contribution >= 0.6 is 0 Å². The summed E-state index contributed by atoms with van der Waals surface area (Å²) in [6, 6.07) is 8.98. The molecule has 1 aromatic carbocycles. The zero-order valence-electron chi connectivity index (χ0n) is 12.0. The minimum absolute atomic E-state index is 0.231. The first-order valence-corrected chi connectivity index (χ1v) is 6.62. The lowest BCUT2D eigenvalue weighted by molar-refractivity contribution is -0.442. The minimum atomic E-state index is -4.03. The number of nitrogens with zero attached hydrogens (tertiary/aromatic N) is 2. The van der Waals surface area contributed by atoms with Crippen molar-refractivity contribution in [2.45, 2.75) is 6.92 Å². The summed E-state index contributed by atoms with van der Waals surface area (Å²) in [6.45, 7) is 2.48. The highest BCUT2D eigenvalue weighted by Gasteiger charge is 2.49. The van der Waals surface area contributed by atoms with E-state index < -0.39 is 7.04 Å². The highest BCUT2D eigenvalue weighted by Crippen LogP contribution is 2.27. The van der Waals surface area contributed by atoms with E-state index in [1.807, 2.05) is 25.1 Å². The van der Waals surface area contributed by atoms with Crippen molar-refractivity contribution in [1.29, 1.82) is 0 Å². The molecular weight excluding hydrogens is 261 g/mol. The van der Waals surface area contributed by atoms with Gasteiger partial charge in [0.05, 0.1) is 12.3 Å². The maximum absolute atomic E-state index is 14.2. The summed E-state index contributed by atoms with van der Waals surface area (Å²) in [5, 5.41) is 0. The Morgan fingerprint density at radius 1 is 1.20 bits per heavy atom. The lowest BCUT2D eigenvalue weighted by atomic mass is 9.98. The topological polar surface area (TPSA) is 15.5 Å². The highest BCUT2D eigenvalue weighted by atomic mass is 19.3. The number of hydrogen-bond acceptors (Lipinski definition) is 2. The fourth-order valence-electron chi connectivity index (χ4n) is 2.15. The molecule has 0 saturated carbocycles. The van der Waals surface area contributed by atoms with Gasteiger partial charge in [-0.2, -0.15) is 0 Å². The van der Waals surface area contributed by atoms with Crippen LogP contribution in [0.25, 0.3) is 5.76 Å². The van der Waals surface area contributed by atoms with Crippen LogP contribution < -0.4 is 0 Å². The number of hydrogen-bond donors (Lipinski definition) is 0. The smallest absolute Gasteiger partial charge is 0.599 e. The van der Waals surface area contributed by atoms with Crippen molar-refractivity contribution >= 4 is 18.5 Å². The van der Waals surface area contributed by atoms with E-state index in [1.165, 1.54) is 0 Å². The molecule has 3 nitrogen and oxygen atoms in total. The summed E-state index contributed by atoms with van der Waals surface area (Å²) in [4.78, 5) is 1.87. The third-order valence-electron chi connectivity index (χ3n) is 3.27. The first-order chi connectivity index (χ1) is 9.40. The van der Waals surface area contributed by atoms with Crippen LogP contribution in [-0.2, 0) is 4.65 Å². The second-order valence-corrected chi connectivity index (χ2v) is 5.19. The minimum Gasteiger partial charge on any atom is -0.599 e. The number of rotatable bonds is 4. The fourth-order valence-corrected chi connectivity index (χ4v) is 2.15. The average molecular weight is 280 g/mol. The van der Waals surface area contributed by atoms with E-state index in [0.29, 0.717) is 17.8 Å². The molecule has 1 heterocycles. The second kappa shape index (κ2) is 5.75. The van der Waals surface area contributed by atoms with Gasteiger partial charge in [-0.15, -0.1) is 0 Å². The van der Waals surface area contributed by atoms with Gasteiger partial charge >= 0.3 is 7.04 Å². The molecule has 0 radical (unpaired) electrons. The summed E-state index contributed by atoms with van der Waals surface area (Å²) >= 11 is 0. The molecule has 0 aromatic heterocycles. The van der Waals surface area contributed by atoms with Crippen molar-refractivity contribution in [2.75, 3.05) is 27.2 Å². The van der Waals surface area contributed by atoms with Gasteiger partial charge in [0.25, 0.3) is 0 Å². The van der Waals surface area contributed by atoms with Gasteiger partial charge in [0.2, 0.25) is 0 Å². The predicted octanol–water partition coefficient (Wildman–Crippen LogP) is 2.47. The molecule has 0 aliphatic carbocycles. The van der Waals surface area contributed by atoms with Crippen LogP contribution in [0.3, 0.4) is 0 Å². The van der Waals surface area contributed by atoms with Crippen molar-refractivity contribution in [2.24, 2.45) is 0 Å². The van der Waals surface area contributed by atoms with Crippen LogP contribution in [0.1, 0.15) is 12.5 Å². The Bertz CT molecular complexity index is 541. The van der Waals surface area contributed by atoms with E-state index >= 15 is 0 Å². The molecule has 2 rings (SSSR count). The number of halogens is 2. The summed E-state index contributed by atoms with van der Waals surface area (Å²) in [5.41, 5.74) is 1.20. The van der Waals surface area contributed by atoms with E-state index in [1.54, 1.807) is 37.3 Å². The number of benzene rings is 1. The van der Waals surface area contributed by atoms with Gasteiger partial charge in [0, 0.05) is 18.6 Å². The maximum atomic E-state index is 14.2. The van der Waals surface area contributed by atoms with E-state index in [2.05, 4.69) is 0 Å². The van der Waals surface area contributed by atoms with Gasteiger partial charge in [0.1, 0.15) is 12.3 Å². The van der Waals surface area contributed by atoms with Gasteiger partial charge in [-0.25, -0.2) is 0 Å². The van der Waals surface area contributed by atoms with E-state index in [0.717, 1.165) is 4.49 Å². The first kappa shape index (κ1) is 14.7. The molecule has 0 unspecified atom stereocenters. The van der Waals surface area contributed by atoms with Crippen molar-refractivity contribution in [1.82, 2.24) is 4.90 Å². The van der Waals surface area contributed by atoms with Gasteiger partial charge in [-0.05, 0) is 14.1 Å². The monoisotopic (exact) mass is 280 g/mol. The van der Waals surface area contributed by atoms with Gasteiger partial charge in [0.15, 0.2) is 0 Å². The zero-order chi connectivity index (χ0) is 14.8. The van der Waals surface area contributed by atoms with Crippen LogP contribution in [0.4, 0.5) is 8.63 Å². The predicted molar refractivity (Wildman–Crippen MR) is 77.8 cm³/mol. The lowest BCUT2D eigenvalue weighted by Crippen LogP contribution is -2.49. The number of allylic oxidation sites excluding steroid dienone is 1. The standard InChI is InChI=1S/C14H19BF2N2O/c1-12-11-14(13-7-5-4-6-8-13)20-15(16,17)19(12)10-9-18(2)3/h4-8,11H,9-10H2,1-3H3. The Labute approximate surface area is 118 Å². The van der Waals surface area contributed by atoms with E-state index in [-0.39, 0.29) is 12.3 Å². The van der Waals surface area contributed by atoms with Gasteiger partial charge in [-0.1, -0.05) is 30.3 Å². The molecule has 1 aliphatic rings. The third-order valence-corrected chi connectivity index (χ3v) is 3.27. The molecule has 20 heavy (non-hydrogen) atoms. The molecule has 0 saturated heterocycles. The van der Waals surface area contributed by atoms with Crippen LogP contribution in [-0.4, -0.2) is 49.3 Å². The third kappa shape index (κ3) is 3.25. The SMILES string of the molecule is CC1=[N+](CCN(C)C)[B-](F)(F)OC(c2ccccc2)=C1. The molecular formula is C14H19BF2N2O. The van der Waals surface area contributed by atoms with Crippen LogP contribution in [0, 0.1) is 0 Å². The first-order valence-electron chi connectivity index (χ1n) is 6.62. The van der Waals surface area contributed by atoms with Gasteiger partial charge < -0.3 is 22.7 Å². The summed E-state index contributed by atoms with van der Waals surface area (Å²) in [6.07, 6.45) is 1.67. The van der Waals surface area contributed by atoms with Crippen LogP contribution in [0.2, 0.25) is 0 Å². The van der Waals surface area contributed by atoms with Crippen molar-refractivity contribution in [3.8, 4) is 0 Å². The van der Waals surface area contributed by atoms with Crippen LogP contribution in [0.15, 0.2) is 36.4 Å². The van der Waals surface area contributed by atoms with Crippen molar-refractivity contribution < 1.29 is 17.8 Å². The summed E-state index contributed by atoms with van der Waals surface area (Å²) in [7, 11) is -0.313. The molecule has 1 aliphatic heterocycles. The zero-order valence-corrected chi connectivity index (χ0v) is 12.0. The Kier molecular flexibility index (Phi) is 4.23. The molecule has 1 aromatic rings. The van der Waals surface area contributed by atoms with E-state index in [9.17, 15) is 8.63 Å². The van der Waals surface area contributed by atoms with E-state index in [4.69, 9.17) is 4.65 Å². The Hall–Kier alpha value is -1.69. The number of likely N-dealkylation sites (N-methyl/N-ethyl adjacent to an activating group) is 1. The molecule has 0 amide bonds. The largest absolute Gasteiger partial charge is 0.828 e. The average Bonchev–Trinajstić information content (AvgIpc) is 2.37. The highest BCUT2D eigenvalue weighted by molar-refractivity contribution is 6.53. The molecule has 0 N–H and O–H groups in total. The molecule has 0 atom stereocenters. The molecule has 108 valence electrons. The van der Waals surface area contributed by atoms with Crippen molar-refractivity contribution in [3.05, 3.63) is 42.0 Å². The fraction of sp³-hybridized carbons (Fsp3) is 0.357. The molecule has 0 fully saturated rings. The Balaban J connectivity index is 2.31. The maximum Gasteiger partial charge on any atom is 0.828 e. The molecule has 6 heteroatoms. The molecule has 0 spiro atoms. The normalized spacial score (nSPS) is 18.0. The molecule has 0 bridgehead atoms. The Morgan fingerprint density at radius 3 is 2.40 bits per heavy atom. The summed E-state index contributed by atoms with van der Waals surface area (Å²) in [5.74, 6) is 0.231. The van der Waals surface area contributed by atoms with Gasteiger partial charge in [-0.3, -0.25) is 0 Å². The van der Waals surface area contributed by atoms with Crippen molar-refractivity contribution in [3.63, 3.8) is 0 Å². The quantitative estimate of drug-likeness (QED) is 0.787. The van der Waals surface area contributed by atoms with Crippen LogP contribution in [0.5, 0.6) is 0 Å². The Morgan fingerprint density at radius 2 is 1.85 bits per heavy atom.